The van der Waals surface area contributed by atoms with Gasteiger partial charge in [0.2, 0.25) is 0 Å². The summed E-state index contributed by atoms with van der Waals surface area (Å²) in [6.07, 6.45) is 2.32. The zero-order valence-corrected chi connectivity index (χ0v) is 12.1. The van der Waals surface area contributed by atoms with Crippen LogP contribution in [-0.4, -0.2) is 16.8 Å². The molecule has 0 spiro atoms. The Morgan fingerprint density at radius 1 is 1.19 bits per heavy atom. The molecule has 0 aliphatic carbocycles. The molecular formula is C17H12ClNO2. The smallest absolute Gasteiger partial charge is 0.262 e. The van der Waals surface area contributed by atoms with E-state index in [1.54, 1.807) is 18.3 Å². The van der Waals surface area contributed by atoms with Crippen molar-refractivity contribution in [3.05, 3.63) is 70.4 Å². The lowest BCUT2D eigenvalue weighted by Gasteiger charge is -2.06. The van der Waals surface area contributed by atoms with E-state index in [0.29, 0.717) is 21.7 Å². The van der Waals surface area contributed by atoms with Crippen molar-refractivity contribution < 1.29 is 9.59 Å². The van der Waals surface area contributed by atoms with Crippen molar-refractivity contribution >= 4 is 34.7 Å². The van der Waals surface area contributed by atoms with E-state index in [1.165, 1.54) is 4.57 Å². The van der Waals surface area contributed by atoms with Gasteiger partial charge in [0, 0.05) is 27.7 Å². The Hall–Kier alpha value is -2.39. The Labute approximate surface area is 126 Å². The van der Waals surface area contributed by atoms with E-state index in [1.807, 2.05) is 37.3 Å². The van der Waals surface area contributed by atoms with E-state index in [4.69, 9.17) is 11.6 Å². The van der Waals surface area contributed by atoms with Crippen LogP contribution in [0.25, 0.3) is 10.9 Å². The van der Waals surface area contributed by atoms with Crippen molar-refractivity contribution in [2.75, 3.05) is 0 Å². The normalized spacial score (nSPS) is 10.8. The largest absolute Gasteiger partial charge is 0.298 e. The Balaban J connectivity index is 2.17. The van der Waals surface area contributed by atoms with Crippen LogP contribution in [0.5, 0.6) is 0 Å². The second-order valence-electron chi connectivity index (χ2n) is 4.86. The molecule has 0 saturated carbocycles. The molecule has 0 fully saturated rings. The molecule has 3 nitrogen and oxygen atoms in total. The molecule has 0 radical (unpaired) electrons. The van der Waals surface area contributed by atoms with Crippen LogP contribution in [-0.2, 0) is 0 Å². The van der Waals surface area contributed by atoms with Crippen LogP contribution in [0.1, 0.15) is 26.3 Å². The SMILES string of the molecule is Cc1ccc(C(=O)n2cc(C=O)c3ccccc32)cc1Cl. The molecule has 0 amide bonds. The van der Waals surface area contributed by atoms with Gasteiger partial charge in [-0.15, -0.1) is 0 Å². The van der Waals surface area contributed by atoms with Crippen LogP contribution >= 0.6 is 11.6 Å². The molecule has 1 heterocycles. The molecule has 0 unspecified atom stereocenters. The summed E-state index contributed by atoms with van der Waals surface area (Å²) < 4.78 is 1.49. The Kier molecular flexibility index (Phi) is 3.35. The second kappa shape index (κ2) is 5.19. The second-order valence-corrected chi connectivity index (χ2v) is 5.27. The lowest BCUT2D eigenvalue weighted by Crippen LogP contribution is -2.10. The number of hydrogen-bond donors (Lipinski definition) is 0. The highest BCUT2D eigenvalue weighted by Crippen LogP contribution is 2.23. The van der Waals surface area contributed by atoms with Gasteiger partial charge in [-0.3, -0.25) is 14.2 Å². The molecule has 2 aromatic carbocycles. The Morgan fingerprint density at radius 3 is 2.67 bits per heavy atom. The van der Waals surface area contributed by atoms with Crippen molar-refractivity contribution in [3.63, 3.8) is 0 Å². The topological polar surface area (TPSA) is 39.1 Å². The number of fused-ring (bicyclic) bond motifs is 1. The number of aromatic nitrogens is 1. The summed E-state index contributed by atoms with van der Waals surface area (Å²) in [6.45, 7) is 1.88. The molecule has 21 heavy (non-hydrogen) atoms. The van der Waals surface area contributed by atoms with Gasteiger partial charge >= 0.3 is 0 Å². The van der Waals surface area contributed by atoms with Gasteiger partial charge < -0.3 is 0 Å². The van der Waals surface area contributed by atoms with Crippen molar-refractivity contribution in [2.45, 2.75) is 6.92 Å². The number of para-hydroxylation sites is 1. The van der Waals surface area contributed by atoms with Gasteiger partial charge in [0.25, 0.3) is 5.91 Å². The third-order valence-corrected chi connectivity index (χ3v) is 3.91. The summed E-state index contributed by atoms with van der Waals surface area (Å²) in [5.41, 5.74) is 2.61. The zero-order chi connectivity index (χ0) is 15.0. The number of aldehydes is 1. The fourth-order valence-electron chi connectivity index (χ4n) is 2.33. The van der Waals surface area contributed by atoms with E-state index in [0.717, 1.165) is 17.2 Å². The number of halogens is 1. The molecular weight excluding hydrogens is 286 g/mol. The van der Waals surface area contributed by atoms with Crippen molar-refractivity contribution in [3.8, 4) is 0 Å². The fourth-order valence-corrected chi connectivity index (χ4v) is 2.51. The van der Waals surface area contributed by atoms with Crippen molar-refractivity contribution in [1.29, 1.82) is 0 Å². The quantitative estimate of drug-likeness (QED) is 0.668. The van der Waals surface area contributed by atoms with Crippen LogP contribution in [0.2, 0.25) is 5.02 Å². The molecule has 0 N–H and O–H groups in total. The monoisotopic (exact) mass is 297 g/mol. The molecule has 4 heteroatoms. The summed E-state index contributed by atoms with van der Waals surface area (Å²) in [5.74, 6) is -0.207. The van der Waals surface area contributed by atoms with Gasteiger partial charge in [-0.25, -0.2) is 0 Å². The number of rotatable bonds is 2. The van der Waals surface area contributed by atoms with Gasteiger partial charge in [0.1, 0.15) is 0 Å². The van der Waals surface area contributed by atoms with Crippen molar-refractivity contribution in [1.82, 2.24) is 4.57 Å². The number of aryl methyl sites for hydroxylation is 1. The van der Waals surface area contributed by atoms with Crippen molar-refractivity contribution in [2.24, 2.45) is 0 Å². The highest BCUT2D eigenvalue weighted by molar-refractivity contribution is 6.31. The van der Waals surface area contributed by atoms with Gasteiger partial charge in [0.15, 0.2) is 6.29 Å². The molecule has 0 aliphatic heterocycles. The minimum atomic E-state index is -0.207. The van der Waals surface area contributed by atoms with E-state index in [9.17, 15) is 9.59 Å². The molecule has 1 aromatic heterocycles. The van der Waals surface area contributed by atoms with Gasteiger partial charge in [-0.05, 0) is 30.7 Å². The summed E-state index contributed by atoms with van der Waals surface area (Å²) in [4.78, 5) is 23.8. The Morgan fingerprint density at radius 2 is 1.95 bits per heavy atom. The van der Waals surface area contributed by atoms with Crippen LogP contribution in [0.15, 0.2) is 48.7 Å². The first-order valence-electron chi connectivity index (χ1n) is 6.48. The maximum Gasteiger partial charge on any atom is 0.262 e. The molecule has 0 saturated heterocycles. The molecule has 3 aromatic rings. The Bertz CT molecular complexity index is 864. The number of carbonyl (C=O) groups excluding carboxylic acids is 2. The first kappa shape index (κ1) is 13.6. The van der Waals surface area contributed by atoms with Gasteiger partial charge in [0.05, 0.1) is 5.52 Å². The van der Waals surface area contributed by atoms with Crippen LogP contribution in [0.3, 0.4) is 0 Å². The van der Waals surface area contributed by atoms with Crippen LogP contribution < -0.4 is 0 Å². The number of benzene rings is 2. The van der Waals surface area contributed by atoms with E-state index in [-0.39, 0.29) is 5.91 Å². The average molecular weight is 298 g/mol. The maximum atomic E-state index is 12.6. The number of carbonyl (C=O) groups is 2. The third-order valence-electron chi connectivity index (χ3n) is 3.51. The van der Waals surface area contributed by atoms with Crippen LogP contribution in [0, 0.1) is 6.92 Å². The first-order valence-corrected chi connectivity index (χ1v) is 6.85. The summed E-state index contributed by atoms with van der Waals surface area (Å²) in [6, 6.07) is 12.5. The molecule has 3 rings (SSSR count). The van der Waals surface area contributed by atoms with Gasteiger partial charge in [-0.1, -0.05) is 35.9 Å². The predicted octanol–water partition coefficient (Wildman–Crippen LogP) is 4.10. The van der Waals surface area contributed by atoms with E-state index >= 15 is 0 Å². The average Bonchev–Trinajstić information content (AvgIpc) is 2.88. The standard InChI is InChI=1S/C17H12ClNO2/c1-11-6-7-12(8-15(11)18)17(21)19-9-13(10-20)14-4-2-3-5-16(14)19/h2-10H,1H3. The fraction of sp³-hybridized carbons (Fsp3) is 0.0588. The van der Waals surface area contributed by atoms with E-state index < -0.39 is 0 Å². The predicted molar refractivity (Wildman–Crippen MR) is 83.2 cm³/mol. The van der Waals surface area contributed by atoms with Gasteiger partial charge in [-0.2, -0.15) is 0 Å². The third kappa shape index (κ3) is 2.26. The first-order chi connectivity index (χ1) is 10.1. The molecule has 0 atom stereocenters. The molecule has 104 valence electrons. The summed E-state index contributed by atoms with van der Waals surface area (Å²) in [5, 5.41) is 1.31. The minimum Gasteiger partial charge on any atom is -0.298 e. The number of hydrogen-bond acceptors (Lipinski definition) is 2. The number of nitrogens with zero attached hydrogens (tertiary/aromatic N) is 1. The lowest BCUT2D eigenvalue weighted by molar-refractivity contribution is 0.0965. The van der Waals surface area contributed by atoms with Crippen LogP contribution in [0.4, 0.5) is 0 Å². The summed E-state index contributed by atoms with van der Waals surface area (Å²) >= 11 is 6.08. The minimum absolute atomic E-state index is 0.207. The highest BCUT2D eigenvalue weighted by Gasteiger charge is 2.15. The summed E-state index contributed by atoms with van der Waals surface area (Å²) in [7, 11) is 0. The molecule has 0 bridgehead atoms. The lowest BCUT2D eigenvalue weighted by atomic mass is 10.1. The zero-order valence-electron chi connectivity index (χ0n) is 11.3. The molecule has 0 aliphatic rings. The van der Waals surface area contributed by atoms with E-state index in [2.05, 4.69) is 0 Å². The highest BCUT2D eigenvalue weighted by atomic mass is 35.5. The maximum absolute atomic E-state index is 12.6.